The highest BCUT2D eigenvalue weighted by molar-refractivity contribution is 5.83. The summed E-state index contributed by atoms with van der Waals surface area (Å²) in [5, 5.41) is 10.9. The summed E-state index contributed by atoms with van der Waals surface area (Å²) < 4.78 is 5.28. The van der Waals surface area contributed by atoms with Crippen LogP contribution in [0.15, 0.2) is 33.5 Å². The van der Waals surface area contributed by atoms with Gasteiger partial charge < -0.3 is 9.52 Å². The Morgan fingerprint density at radius 1 is 0.955 bits per heavy atom. The number of para-hydroxylation sites is 1. The molecule has 22 heavy (non-hydrogen) atoms. The molecule has 1 heterocycles. The van der Waals surface area contributed by atoms with Gasteiger partial charge in [0.25, 0.3) is 0 Å². The minimum Gasteiger partial charge on any atom is -0.507 e. The van der Waals surface area contributed by atoms with E-state index in [1.165, 1.54) is 38.5 Å². The van der Waals surface area contributed by atoms with Crippen LogP contribution in [-0.2, 0) is 6.42 Å². The van der Waals surface area contributed by atoms with Crippen LogP contribution >= 0.6 is 0 Å². The van der Waals surface area contributed by atoms with Gasteiger partial charge in [-0.3, -0.25) is 0 Å². The van der Waals surface area contributed by atoms with Gasteiger partial charge in [0.15, 0.2) is 0 Å². The number of benzene rings is 1. The first-order valence-corrected chi connectivity index (χ1v) is 8.47. The maximum Gasteiger partial charge on any atom is 0.343 e. The summed E-state index contributed by atoms with van der Waals surface area (Å²) >= 11 is 0. The van der Waals surface area contributed by atoms with Crippen LogP contribution in [0.5, 0.6) is 5.75 Å². The lowest BCUT2D eigenvalue weighted by atomic mass is 10.0. The predicted molar refractivity (Wildman–Crippen MR) is 90.5 cm³/mol. The Morgan fingerprint density at radius 2 is 1.59 bits per heavy atom. The van der Waals surface area contributed by atoms with Gasteiger partial charge in [-0.2, -0.15) is 0 Å². The van der Waals surface area contributed by atoms with Crippen LogP contribution in [0.1, 0.15) is 63.9 Å². The molecule has 2 rings (SSSR count). The largest absolute Gasteiger partial charge is 0.507 e. The number of fused-ring (bicyclic) bond motifs is 1. The lowest BCUT2D eigenvalue weighted by molar-refractivity contribution is 0.453. The molecule has 2 aromatic rings. The topological polar surface area (TPSA) is 50.4 Å². The van der Waals surface area contributed by atoms with E-state index >= 15 is 0 Å². The van der Waals surface area contributed by atoms with Crippen LogP contribution < -0.4 is 5.63 Å². The maximum atomic E-state index is 12.0. The van der Waals surface area contributed by atoms with Crippen molar-refractivity contribution < 1.29 is 9.52 Å². The zero-order chi connectivity index (χ0) is 15.8. The monoisotopic (exact) mass is 302 g/mol. The second-order valence-corrected chi connectivity index (χ2v) is 5.94. The van der Waals surface area contributed by atoms with Crippen molar-refractivity contribution in [3.05, 3.63) is 40.2 Å². The van der Waals surface area contributed by atoms with Crippen molar-refractivity contribution in [3.63, 3.8) is 0 Å². The molecular formula is C19H26O3. The molecule has 0 aliphatic heterocycles. The predicted octanol–water partition coefficient (Wildman–Crippen LogP) is 5.18. The van der Waals surface area contributed by atoms with Gasteiger partial charge in [-0.25, -0.2) is 4.79 Å². The Hall–Kier alpha value is -1.77. The van der Waals surface area contributed by atoms with E-state index in [-0.39, 0.29) is 5.75 Å². The highest BCUT2D eigenvalue weighted by Crippen LogP contribution is 2.27. The molecule has 0 saturated heterocycles. The summed E-state index contributed by atoms with van der Waals surface area (Å²) in [6.45, 7) is 2.22. The smallest absolute Gasteiger partial charge is 0.343 e. The van der Waals surface area contributed by atoms with Crippen LogP contribution in [-0.4, -0.2) is 5.11 Å². The minimum atomic E-state index is -0.404. The first-order chi connectivity index (χ1) is 10.7. The van der Waals surface area contributed by atoms with Crippen molar-refractivity contribution in [3.8, 4) is 5.75 Å². The maximum absolute atomic E-state index is 12.0. The average Bonchev–Trinajstić information content (AvgIpc) is 2.52. The Labute approximate surface area is 132 Å². The number of aromatic hydroxyl groups is 1. The van der Waals surface area contributed by atoms with Gasteiger partial charge in [0.2, 0.25) is 0 Å². The number of rotatable bonds is 9. The van der Waals surface area contributed by atoms with Gasteiger partial charge in [0.1, 0.15) is 11.3 Å². The summed E-state index contributed by atoms with van der Waals surface area (Å²) in [4.78, 5) is 12.0. The van der Waals surface area contributed by atoms with Crippen molar-refractivity contribution in [2.24, 2.45) is 0 Å². The summed E-state index contributed by atoms with van der Waals surface area (Å²) in [5.41, 5.74) is 0.466. The first-order valence-electron chi connectivity index (χ1n) is 8.47. The first kappa shape index (κ1) is 16.6. The summed E-state index contributed by atoms with van der Waals surface area (Å²) in [6.07, 6.45) is 10.3. The third kappa shape index (κ3) is 4.36. The van der Waals surface area contributed by atoms with E-state index in [1.807, 2.05) is 6.07 Å². The zero-order valence-electron chi connectivity index (χ0n) is 13.4. The average molecular weight is 302 g/mol. The van der Waals surface area contributed by atoms with Crippen LogP contribution in [0.2, 0.25) is 0 Å². The van der Waals surface area contributed by atoms with E-state index in [9.17, 15) is 9.90 Å². The Kier molecular flexibility index (Phi) is 6.50. The number of unbranched alkanes of at least 4 members (excludes halogenated alkanes) is 7. The molecule has 1 aromatic heterocycles. The normalized spacial score (nSPS) is 11.1. The molecule has 0 unspecified atom stereocenters. The molecule has 0 radical (unpaired) electrons. The third-order valence-electron chi connectivity index (χ3n) is 4.16. The van der Waals surface area contributed by atoms with Gasteiger partial charge in [-0.05, 0) is 25.0 Å². The lowest BCUT2D eigenvalue weighted by Gasteiger charge is -2.06. The standard InChI is InChI=1S/C19H26O3/c1-2-3-4-5-6-7-8-9-13-16-18(20)15-12-10-11-14-17(15)22-19(16)21/h10-12,14,20H,2-9,13H2,1H3. The molecule has 1 aromatic carbocycles. The molecule has 0 amide bonds. The third-order valence-corrected chi connectivity index (χ3v) is 4.16. The van der Waals surface area contributed by atoms with Gasteiger partial charge in [-0.15, -0.1) is 0 Å². The van der Waals surface area contributed by atoms with Crippen molar-refractivity contribution in [1.29, 1.82) is 0 Å². The van der Waals surface area contributed by atoms with Crippen molar-refractivity contribution in [2.45, 2.75) is 64.7 Å². The Balaban J connectivity index is 1.86. The molecule has 3 heteroatoms. The van der Waals surface area contributed by atoms with Gasteiger partial charge >= 0.3 is 5.63 Å². The molecule has 0 atom stereocenters. The molecule has 1 N–H and O–H groups in total. The highest BCUT2D eigenvalue weighted by Gasteiger charge is 2.12. The number of hydrogen-bond acceptors (Lipinski definition) is 3. The van der Waals surface area contributed by atoms with Crippen molar-refractivity contribution in [1.82, 2.24) is 0 Å². The van der Waals surface area contributed by atoms with Crippen molar-refractivity contribution >= 4 is 11.0 Å². The van der Waals surface area contributed by atoms with E-state index in [2.05, 4.69) is 6.92 Å². The van der Waals surface area contributed by atoms with Crippen molar-refractivity contribution in [2.75, 3.05) is 0 Å². The molecule has 0 fully saturated rings. The fraction of sp³-hybridized carbons (Fsp3) is 0.526. The molecule has 120 valence electrons. The van der Waals surface area contributed by atoms with Crippen LogP contribution in [0.4, 0.5) is 0 Å². The zero-order valence-corrected chi connectivity index (χ0v) is 13.4. The fourth-order valence-corrected chi connectivity index (χ4v) is 2.83. The highest BCUT2D eigenvalue weighted by atomic mass is 16.4. The molecule has 3 nitrogen and oxygen atoms in total. The van der Waals surface area contributed by atoms with Gasteiger partial charge in [0.05, 0.1) is 10.9 Å². The Morgan fingerprint density at radius 3 is 2.32 bits per heavy atom. The SMILES string of the molecule is CCCCCCCCCCc1c(O)c2ccccc2oc1=O. The second kappa shape index (κ2) is 8.62. The molecule has 0 saturated carbocycles. The Bertz CT molecular complexity index is 643. The van der Waals surface area contributed by atoms with Crippen LogP contribution in [0.25, 0.3) is 11.0 Å². The fourth-order valence-electron chi connectivity index (χ4n) is 2.83. The second-order valence-electron chi connectivity index (χ2n) is 5.94. The lowest BCUT2D eigenvalue weighted by Crippen LogP contribution is -2.07. The molecule has 0 aliphatic carbocycles. The number of hydrogen-bond donors (Lipinski definition) is 1. The van der Waals surface area contributed by atoms with E-state index in [1.54, 1.807) is 18.2 Å². The van der Waals surface area contributed by atoms with E-state index in [4.69, 9.17) is 4.42 Å². The molecule has 0 aliphatic rings. The van der Waals surface area contributed by atoms with Gasteiger partial charge in [0, 0.05) is 0 Å². The van der Waals surface area contributed by atoms with Crippen LogP contribution in [0.3, 0.4) is 0 Å². The molecule has 0 spiro atoms. The summed E-state index contributed by atoms with van der Waals surface area (Å²) in [6, 6.07) is 7.12. The van der Waals surface area contributed by atoms with Gasteiger partial charge in [-0.1, -0.05) is 64.0 Å². The van der Waals surface area contributed by atoms with E-state index in [0.717, 1.165) is 12.8 Å². The van der Waals surface area contributed by atoms with Crippen LogP contribution in [0, 0.1) is 0 Å². The van der Waals surface area contributed by atoms with E-state index in [0.29, 0.717) is 23.0 Å². The van der Waals surface area contributed by atoms with E-state index < -0.39 is 5.63 Å². The summed E-state index contributed by atoms with van der Waals surface area (Å²) in [5.74, 6) is 0.0924. The minimum absolute atomic E-state index is 0.0924. The summed E-state index contributed by atoms with van der Waals surface area (Å²) in [7, 11) is 0. The molecular weight excluding hydrogens is 276 g/mol. The molecule has 0 bridgehead atoms. The quantitative estimate of drug-likeness (QED) is 0.513.